The van der Waals surface area contributed by atoms with Crippen LogP contribution < -0.4 is 24.3 Å². The van der Waals surface area contributed by atoms with Crippen LogP contribution in [0.3, 0.4) is 0 Å². The number of rotatable bonds is 7. The number of carbonyl (C=O) groups is 2. The topological polar surface area (TPSA) is 92.3 Å². The van der Waals surface area contributed by atoms with Crippen molar-refractivity contribution in [3.63, 3.8) is 0 Å². The maximum atomic E-state index is 12.0. The van der Waals surface area contributed by atoms with Crippen molar-refractivity contribution in [2.75, 3.05) is 27.6 Å². The van der Waals surface area contributed by atoms with E-state index < -0.39 is 5.97 Å². The van der Waals surface area contributed by atoms with Crippen molar-refractivity contribution in [2.24, 2.45) is 0 Å². The minimum Gasteiger partial charge on any atom is -0.493 e. The first kappa shape index (κ1) is 18.4. The molecule has 0 fully saturated rings. The third-order valence-corrected chi connectivity index (χ3v) is 3.87. The molecule has 1 aliphatic rings. The van der Waals surface area contributed by atoms with E-state index in [0.717, 1.165) is 5.56 Å². The predicted octanol–water partition coefficient (Wildman–Crippen LogP) is 1.91. The summed E-state index contributed by atoms with van der Waals surface area (Å²) in [6, 6.07) is 10.0. The van der Waals surface area contributed by atoms with Crippen LogP contribution in [0.25, 0.3) is 0 Å². The van der Waals surface area contributed by atoms with E-state index >= 15 is 0 Å². The molecule has 0 spiro atoms. The molecule has 0 atom stereocenters. The highest BCUT2D eigenvalue weighted by Crippen LogP contribution is 2.32. The zero-order chi connectivity index (χ0) is 19.2. The molecule has 0 saturated carbocycles. The Balaban J connectivity index is 1.53. The van der Waals surface area contributed by atoms with E-state index in [-0.39, 0.29) is 19.3 Å². The number of esters is 1. The van der Waals surface area contributed by atoms with Gasteiger partial charge in [0.05, 0.1) is 19.8 Å². The molecule has 0 saturated heterocycles. The van der Waals surface area contributed by atoms with Crippen molar-refractivity contribution in [2.45, 2.75) is 6.54 Å². The van der Waals surface area contributed by atoms with Crippen LogP contribution >= 0.6 is 0 Å². The van der Waals surface area contributed by atoms with Crippen LogP contribution in [0.1, 0.15) is 15.9 Å². The van der Waals surface area contributed by atoms with Gasteiger partial charge in [-0.1, -0.05) is 6.07 Å². The Morgan fingerprint density at radius 2 is 1.85 bits per heavy atom. The number of nitrogens with one attached hydrogen (secondary N) is 1. The fourth-order valence-electron chi connectivity index (χ4n) is 2.48. The van der Waals surface area contributed by atoms with Crippen LogP contribution in [-0.4, -0.2) is 39.5 Å². The summed E-state index contributed by atoms with van der Waals surface area (Å²) < 4.78 is 25.9. The van der Waals surface area contributed by atoms with Gasteiger partial charge in [0.25, 0.3) is 5.91 Å². The van der Waals surface area contributed by atoms with Crippen LogP contribution in [0.2, 0.25) is 0 Å². The first-order valence-electron chi connectivity index (χ1n) is 8.15. The molecule has 8 heteroatoms. The number of hydrogen-bond acceptors (Lipinski definition) is 7. The lowest BCUT2D eigenvalue weighted by Crippen LogP contribution is -2.28. The lowest BCUT2D eigenvalue weighted by molar-refractivity contribution is -0.123. The summed E-state index contributed by atoms with van der Waals surface area (Å²) in [6.45, 7) is 0.339. The number of benzene rings is 2. The second kappa shape index (κ2) is 8.31. The quantitative estimate of drug-likeness (QED) is 0.741. The lowest BCUT2D eigenvalue weighted by atomic mass is 10.2. The Kier molecular flexibility index (Phi) is 5.65. The van der Waals surface area contributed by atoms with Gasteiger partial charge in [-0.05, 0) is 35.9 Å². The summed E-state index contributed by atoms with van der Waals surface area (Å²) in [6.07, 6.45) is 0. The minimum atomic E-state index is -0.485. The molecule has 1 N–H and O–H groups in total. The summed E-state index contributed by atoms with van der Waals surface area (Å²) in [5.41, 5.74) is 1.21. The average molecular weight is 373 g/mol. The number of hydrogen-bond donors (Lipinski definition) is 1. The third-order valence-electron chi connectivity index (χ3n) is 3.87. The first-order valence-corrected chi connectivity index (χ1v) is 8.15. The van der Waals surface area contributed by atoms with Crippen molar-refractivity contribution < 1.29 is 33.3 Å². The summed E-state index contributed by atoms with van der Waals surface area (Å²) in [7, 11) is 2.74. The highest BCUT2D eigenvalue weighted by atomic mass is 16.7. The standard InChI is InChI=1S/C19H19NO7/c1-23-16-8-13(19(22)24-2)4-6-14(16)25-10-18(21)20-9-12-3-5-15-17(7-12)27-11-26-15/h3-8H,9-11H2,1-2H3,(H,20,21). The van der Waals surface area contributed by atoms with E-state index in [9.17, 15) is 9.59 Å². The minimum absolute atomic E-state index is 0.196. The molecule has 2 aromatic carbocycles. The smallest absolute Gasteiger partial charge is 0.337 e. The average Bonchev–Trinajstić information content (AvgIpc) is 3.17. The summed E-state index contributed by atoms with van der Waals surface area (Å²) in [5, 5.41) is 2.76. The molecule has 142 valence electrons. The van der Waals surface area contributed by atoms with Crippen LogP contribution in [-0.2, 0) is 16.1 Å². The van der Waals surface area contributed by atoms with Gasteiger partial charge in [0.1, 0.15) is 0 Å². The Morgan fingerprint density at radius 3 is 2.63 bits per heavy atom. The van der Waals surface area contributed by atoms with Gasteiger partial charge < -0.3 is 29.0 Å². The molecule has 0 radical (unpaired) electrons. The SMILES string of the molecule is COC(=O)c1ccc(OCC(=O)NCc2ccc3c(c2)OCO3)c(OC)c1. The van der Waals surface area contributed by atoms with Gasteiger partial charge in [-0.15, -0.1) is 0 Å². The van der Waals surface area contributed by atoms with Crippen molar-refractivity contribution in [1.82, 2.24) is 5.32 Å². The zero-order valence-corrected chi connectivity index (χ0v) is 14.9. The number of fused-ring (bicyclic) bond motifs is 1. The molecular formula is C19H19NO7. The molecule has 2 aromatic rings. The van der Waals surface area contributed by atoms with Crippen LogP contribution in [0.4, 0.5) is 0 Å². The van der Waals surface area contributed by atoms with Gasteiger partial charge in [0, 0.05) is 6.54 Å². The van der Waals surface area contributed by atoms with Crippen LogP contribution in [0.5, 0.6) is 23.0 Å². The Bertz CT molecular complexity index is 850. The second-order valence-electron chi connectivity index (χ2n) is 5.61. The molecular weight excluding hydrogens is 354 g/mol. The van der Waals surface area contributed by atoms with E-state index in [0.29, 0.717) is 35.1 Å². The van der Waals surface area contributed by atoms with E-state index in [1.54, 1.807) is 12.1 Å². The number of ether oxygens (including phenoxy) is 5. The fourth-order valence-corrected chi connectivity index (χ4v) is 2.48. The molecule has 27 heavy (non-hydrogen) atoms. The Morgan fingerprint density at radius 1 is 1.04 bits per heavy atom. The van der Waals surface area contributed by atoms with Crippen molar-refractivity contribution in [1.29, 1.82) is 0 Å². The normalized spacial score (nSPS) is 11.6. The van der Waals surface area contributed by atoms with Gasteiger partial charge in [-0.2, -0.15) is 0 Å². The molecule has 0 unspecified atom stereocenters. The largest absolute Gasteiger partial charge is 0.493 e. The molecule has 0 bridgehead atoms. The number of carbonyl (C=O) groups excluding carboxylic acids is 2. The van der Waals surface area contributed by atoms with Gasteiger partial charge in [0.2, 0.25) is 6.79 Å². The molecule has 1 aliphatic heterocycles. The third kappa shape index (κ3) is 4.41. The zero-order valence-electron chi connectivity index (χ0n) is 14.9. The van der Waals surface area contributed by atoms with Gasteiger partial charge in [0.15, 0.2) is 29.6 Å². The number of amides is 1. The van der Waals surface area contributed by atoms with Gasteiger partial charge in [-0.25, -0.2) is 4.79 Å². The van der Waals surface area contributed by atoms with Gasteiger partial charge >= 0.3 is 5.97 Å². The maximum Gasteiger partial charge on any atom is 0.337 e. The maximum absolute atomic E-state index is 12.0. The molecule has 3 rings (SSSR count). The molecule has 0 aromatic heterocycles. The van der Waals surface area contributed by atoms with E-state index in [4.69, 9.17) is 18.9 Å². The highest BCUT2D eigenvalue weighted by Gasteiger charge is 2.14. The first-order chi connectivity index (χ1) is 13.1. The molecule has 0 aliphatic carbocycles. The van der Waals surface area contributed by atoms with Crippen LogP contribution in [0, 0.1) is 0 Å². The molecule has 1 amide bonds. The summed E-state index contributed by atoms with van der Waals surface area (Å²) in [4.78, 5) is 23.6. The highest BCUT2D eigenvalue weighted by molar-refractivity contribution is 5.90. The van der Waals surface area contributed by atoms with Gasteiger partial charge in [-0.3, -0.25) is 4.79 Å². The molecule has 8 nitrogen and oxygen atoms in total. The van der Waals surface area contributed by atoms with Crippen LogP contribution in [0.15, 0.2) is 36.4 Å². The van der Waals surface area contributed by atoms with E-state index in [1.807, 2.05) is 12.1 Å². The number of methoxy groups -OCH3 is 2. The second-order valence-corrected chi connectivity index (χ2v) is 5.61. The van der Waals surface area contributed by atoms with Crippen molar-refractivity contribution in [3.8, 4) is 23.0 Å². The fraction of sp³-hybridized carbons (Fsp3) is 0.263. The van der Waals surface area contributed by atoms with Crippen molar-refractivity contribution in [3.05, 3.63) is 47.5 Å². The van der Waals surface area contributed by atoms with E-state index in [1.165, 1.54) is 26.4 Å². The molecule has 1 heterocycles. The lowest BCUT2D eigenvalue weighted by Gasteiger charge is -2.12. The Labute approximate surface area is 155 Å². The van der Waals surface area contributed by atoms with Crippen molar-refractivity contribution >= 4 is 11.9 Å². The summed E-state index contributed by atoms with van der Waals surface area (Å²) in [5.74, 6) is 1.25. The van der Waals surface area contributed by atoms with E-state index in [2.05, 4.69) is 10.1 Å². The summed E-state index contributed by atoms with van der Waals surface area (Å²) >= 11 is 0. The Hall–Kier alpha value is -3.42. The predicted molar refractivity (Wildman–Crippen MR) is 94.2 cm³/mol. The monoisotopic (exact) mass is 373 g/mol.